The van der Waals surface area contributed by atoms with E-state index in [4.69, 9.17) is 11.1 Å². The quantitative estimate of drug-likeness (QED) is 0.332. The summed E-state index contributed by atoms with van der Waals surface area (Å²) in [7, 11) is 3.19. The van der Waals surface area contributed by atoms with Gasteiger partial charge in [-0.2, -0.15) is 0 Å². The van der Waals surface area contributed by atoms with Crippen LogP contribution in [-0.4, -0.2) is 61.4 Å². The van der Waals surface area contributed by atoms with Crippen molar-refractivity contribution >= 4 is 17.8 Å². The summed E-state index contributed by atoms with van der Waals surface area (Å²) >= 11 is 0. The standard InChI is InChI=1S/C23H34N6O5/c1-4-5-11-28-17(30)15(16(24)25)18(31)29(21(28)34)14-7-6-9-22(10-8-14)12-23(13-22)19(32)26(2)20(33)27(23)3/h14,30H,4-13H2,1-3H3,(H3,24,25). The third-order valence-corrected chi connectivity index (χ3v) is 8.22. The molecule has 1 aromatic rings. The van der Waals surface area contributed by atoms with Gasteiger partial charge in [0.25, 0.3) is 11.5 Å². The minimum absolute atomic E-state index is 0.116. The van der Waals surface area contributed by atoms with Gasteiger partial charge in [0.1, 0.15) is 16.9 Å². The van der Waals surface area contributed by atoms with Crippen LogP contribution in [0.3, 0.4) is 0 Å². The number of carbonyl (C=O) groups excluding carboxylic acids is 2. The van der Waals surface area contributed by atoms with Crippen molar-refractivity contribution in [2.45, 2.75) is 82.8 Å². The number of amidine groups is 1. The molecule has 1 aliphatic heterocycles. The summed E-state index contributed by atoms with van der Waals surface area (Å²) < 4.78 is 2.32. The van der Waals surface area contributed by atoms with Gasteiger partial charge in [0, 0.05) is 26.7 Å². The predicted octanol–water partition coefficient (Wildman–Crippen LogP) is 1.35. The van der Waals surface area contributed by atoms with Gasteiger partial charge in [-0.15, -0.1) is 0 Å². The molecule has 11 nitrogen and oxygen atoms in total. The number of hydrogen-bond acceptors (Lipinski definition) is 6. The van der Waals surface area contributed by atoms with E-state index in [2.05, 4.69) is 0 Å². The van der Waals surface area contributed by atoms with Crippen LogP contribution in [0.5, 0.6) is 5.88 Å². The van der Waals surface area contributed by atoms with E-state index in [0.29, 0.717) is 32.1 Å². The number of likely N-dealkylation sites (N-methyl/N-ethyl adjacent to an activating group) is 2. The SMILES string of the molecule is CCCCn1c(O)c(C(=N)N)c(=O)n(C2CCCC3(CC2)CC2(C3)C(=O)N(C)C(=O)N2C)c1=O. The average molecular weight is 475 g/mol. The predicted molar refractivity (Wildman–Crippen MR) is 125 cm³/mol. The highest BCUT2D eigenvalue weighted by Crippen LogP contribution is 2.60. The molecule has 2 aliphatic carbocycles. The van der Waals surface area contributed by atoms with Crippen molar-refractivity contribution in [3.8, 4) is 5.88 Å². The van der Waals surface area contributed by atoms with Crippen LogP contribution in [0, 0.1) is 10.8 Å². The van der Waals surface area contributed by atoms with Gasteiger partial charge < -0.3 is 15.7 Å². The Kier molecular flexibility index (Phi) is 5.85. The van der Waals surface area contributed by atoms with Crippen molar-refractivity contribution in [1.82, 2.24) is 18.9 Å². The van der Waals surface area contributed by atoms with E-state index >= 15 is 0 Å². The molecule has 0 aromatic carbocycles. The molecule has 34 heavy (non-hydrogen) atoms. The average Bonchev–Trinajstić information content (AvgIpc) is 2.92. The number of nitrogens with two attached hydrogens (primary N) is 1. The van der Waals surface area contributed by atoms with Crippen LogP contribution in [0.4, 0.5) is 4.79 Å². The number of nitrogens with one attached hydrogen (secondary N) is 1. The first kappa shape index (κ1) is 24.0. The van der Waals surface area contributed by atoms with Crippen molar-refractivity contribution in [3.63, 3.8) is 0 Å². The van der Waals surface area contributed by atoms with E-state index in [9.17, 15) is 24.3 Å². The van der Waals surface area contributed by atoms with Gasteiger partial charge in [0.2, 0.25) is 5.88 Å². The number of amides is 3. The number of aromatic nitrogens is 2. The molecule has 3 amide bonds. The zero-order valence-electron chi connectivity index (χ0n) is 20.1. The van der Waals surface area contributed by atoms with Crippen LogP contribution in [0.2, 0.25) is 0 Å². The van der Waals surface area contributed by atoms with E-state index < -0.39 is 28.5 Å². The Labute approximate surface area is 197 Å². The molecule has 1 unspecified atom stereocenters. The molecule has 2 spiro atoms. The number of nitrogen functional groups attached to an aromatic ring is 1. The summed E-state index contributed by atoms with van der Waals surface area (Å²) in [6.07, 6.45) is 6.08. The largest absolute Gasteiger partial charge is 0.494 e. The molecule has 4 rings (SSSR count). The minimum Gasteiger partial charge on any atom is -0.494 e. The molecule has 11 heteroatoms. The maximum absolute atomic E-state index is 13.3. The Hall–Kier alpha value is -3.11. The number of imide groups is 1. The number of aromatic hydroxyl groups is 1. The van der Waals surface area contributed by atoms with E-state index in [1.54, 1.807) is 11.9 Å². The van der Waals surface area contributed by atoms with Crippen molar-refractivity contribution < 1.29 is 14.7 Å². The van der Waals surface area contributed by atoms with Crippen LogP contribution >= 0.6 is 0 Å². The molecule has 0 bridgehead atoms. The molecule has 1 saturated heterocycles. The number of carbonyl (C=O) groups is 2. The van der Waals surface area contributed by atoms with Gasteiger partial charge in [-0.3, -0.25) is 29.0 Å². The summed E-state index contributed by atoms with van der Waals surface area (Å²) in [6.45, 7) is 2.19. The third kappa shape index (κ3) is 3.35. The molecule has 186 valence electrons. The summed E-state index contributed by atoms with van der Waals surface area (Å²) in [4.78, 5) is 54.3. The molecular weight excluding hydrogens is 440 g/mol. The molecular formula is C23H34N6O5. The van der Waals surface area contributed by atoms with Crippen LogP contribution in [0.25, 0.3) is 0 Å². The number of urea groups is 1. The zero-order chi connectivity index (χ0) is 25.0. The Morgan fingerprint density at radius 1 is 1.15 bits per heavy atom. The van der Waals surface area contributed by atoms with Crippen LogP contribution in [0.15, 0.2) is 9.59 Å². The fourth-order valence-corrected chi connectivity index (χ4v) is 6.33. The second-order valence-corrected chi connectivity index (χ2v) is 10.3. The van der Waals surface area contributed by atoms with E-state index in [0.717, 1.165) is 30.3 Å². The summed E-state index contributed by atoms with van der Waals surface area (Å²) in [6, 6.07) is -0.671. The Morgan fingerprint density at radius 2 is 1.82 bits per heavy atom. The highest BCUT2D eigenvalue weighted by Gasteiger charge is 2.66. The van der Waals surface area contributed by atoms with Crippen molar-refractivity contribution in [1.29, 1.82) is 5.41 Å². The maximum atomic E-state index is 13.3. The third-order valence-electron chi connectivity index (χ3n) is 8.22. The van der Waals surface area contributed by atoms with Crippen LogP contribution in [0.1, 0.15) is 76.3 Å². The molecule has 3 fully saturated rings. The lowest BCUT2D eigenvalue weighted by Crippen LogP contribution is -2.62. The second kappa shape index (κ2) is 8.28. The fourth-order valence-electron chi connectivity index (χ4n) is 6.33. The molecule has 3 aliphatic rings. The Balaban J connectivity index is 1.62. The highest BCUT2D eigenvalue weighted by molar-refractivity contribution is 6.07. The van der Waals surface area contributed by atoms with E-state index in [-0.39, 0.29) is 35.5 Å². The van der Waals surface area contributed by atoms with Crippen molar-refractivity contribution in [2.24, 2.45) is 11.1 Å². The molecule has 4 N–H and O–H groups in total. The number of hydrogen-bond donors (Lipinski definition) is 3. The number of rotatable bonds is 5. The summed E-state index contributed by atoms with van der Waals surface area (Å²) in [5, 5.41) is 18.3. The minimum atomic E-state index is -0.782. The normalized spacial score (nSPS) is 29.1. The first-order valence-electron chi connectivity index (χ1n) is 12.0. The molecule has 1 atom stereocenters. The number of unbranched alkanes of at least 4 members (excludes halogenated alkanes) is 1. The lowest BCUT2D eigenvalue weighted by atomic mass is 9.53. The Bertz CT molecular complexity index is 1160. The summed E-state index contributed by atoms with van der Waals surface area (Å²) in [5.41, 5.74) is 3.06. The summed E-state index contributed by atoms with van der Waals surface area (Å²) in [5.74, 6) is -1.27. The van der Waals surface area contributed by atoms with Crippen molar-refractivity contribution in [2.75, 3.05) is 14.1 Å². The molecule has 0 radical (unpaired) electrons. The van der Waals surface area contributed by atoms with E-state index in [1.165, 1.54) is 16.5 Å². The lowest BCUT2D eigenvalue weighted by molar-refractivity contribution is -0.146. The second-order valence-electron chi connectivity index (χ2n) is 10.3. The topological polar surface area (TPSA) is 155 Å². The van der Waals surface area contributed by atoms with Gasteiger partial charge in [-0.05, 0) is 50.4 Å². The monoisotopic (exact) mass is 474 g/mol. The smallest absolute Gasteiger partial charge is 0.334 e. The van der Waals surface area contributed by atoms with Gasteiger partial charge in [0.15, 0.2) is 0 Å². The zero-order valence-corrected chi connectivity index (χ0v) is 20.1. The molecule has 1 aromatic heterocycles. The van der Waals surface area contributed by atoms with Gasteiger partial charge in [0.05, 0.1) is 0 Å². The highest BCUT2D eigenvalue weighted by atomic mass is 16.3. The lowest BCUT2D eigenvalue weighted by Gasteiger charge is -2.55. The van der Waals surface area contributed by atoms with Crippen LogP contribution in [-0.2, 0) is 11.3 Å². The van der Waals surface area contributed by atoms with E-state index in [1.807, 2.05) is 6.92 Å². The maximum Gasteiger partial charge on any atom is 0.334 e. The van der Waals surface area contributed by atoms with Crippen molar-refractivity contribution in [3.05, 3.63) is 26.4 Å². The van der Waals surface area contributed by atoms with Crippen LogP contribution < -0.4 is 17.0 Å². The van der Waals surface area contributed by atoms with Gasteiger partial charge in [-0.1, -0.05) is 19.8 Å². The molecule has 2 heterocycles. The van der Waals surface area contributed by atoms with Gasteiger partial charge >= 0.3 is 11.7 Å². The Morgan fingerprint density at radius 3 is 2.38 bits per heavy atom. The fraction of sp³-hybridized carbons (Fsp3) is 0.696. The number of nitrogens with zero attached hydrogens (tertiary/aromatic N) is 4. The van der Waals surface area contributed by atoms with Gasteiger partial charge in [-0.25, -0.2) is 9.59 Å². The first-order chi connectivity index (χ1) is 16.0. The molecule has 2 saturated carbocycles. The first-order valence-corrected chi connectivity index (χ1v) is 12.0.